The van der Waals surface area contributed by atoms with Crippen molar-refractivity contribution in [2.75, 3.05) is 19.8 Å². The van der Waals surface area contributed by atoms with E-state index in [4.69, 9.17) is 4.74 Å². The van der Waals surface area contributed by atoms with E-state index >= 15 is 0 Å². The molecule has 0 unspecified atom stereocenters. The minimum Gasteiger partial charge on any atom is -0.651 e. The first-order valence-corrected chi connectivity index (χ1v) is 6.71. The van der Waals surface area contributed by atoms with Crippen molar-refractivity contribution < 1.29 is 72.5 Å². The molecule has 0 N–H and O–H groups in total. The third kappa shape index (κ3) is 16.9. The summed E-state index contributed by atoms with van der Waals surface area (Å²) < 4.78 is 5.19. The molecule has 5 heteroatoms. The van der Waals surface area contributed by atoms with E-state index < -0.39 is 0 Å². The van der Waals surface area contributed by atoms with Gasteiger partial charge in [-0.05, 0) is 12.3 Å². The van der Waals surface area contributed by atoms with E-state index in [2.05, 4.69) is 5.32 Å². The largest absolute Gasteiger partial charge is 1.00 e. The number of ketones is 1. The summed E-state index contributed by atoms with van der Waals surface area (Å²) >= 11 is 0. The summed E-state index contributed by atoms with van der Waals surface area (Å²) in [5.41, 5.74) is 0. The van der Waals surface area contributed by atoms with Crippen LogP contribution < -0.4 is 58.2 Å². The number of rotatable bonds is 10. The predicted molar refractivity (Wildman–Crippen MR) is 72.6 cm³/mol. The third-order valence-corrected chi connectivity index (χ3v) is 2.24. The van der Waals surface area contributed by atoms with Crippen LogP contribution in [0.25, 0.3) is 5.32 Å². The molecule has 0 heterocycles. The molecule has 0 atom stereocenters. The molecule has 0 aliphatic carbocycles. The van der Waals surface area contributed by atoms with Crippen LogP contribution >= 0.6 is 0 Å². The van der Waals surface area contributed by atoms with E-state index in [0.29, 0.717) is 44.2 Å². The molecule has 0 radical (unpaired) electrons. The number of carbonyl (C=O) groups excluding carboxylic acids is 2. The summed E-state index contributed by atoms with van der Waals surface area (Å²) in [5, 5.41) is 3.86. The molecule has 19 heavy (non-hydrogen) atoms. The predicted octanol–water partition coefficient (Wildman–Crippen LogP) is -0.0413. The van der Waals surface area contributed by atoms with Gasteiger partial charge in [0.05, 0.1) is 12.5 Å². The Bertz CT molecular complexity index is 255. The van der Waals surface area contributed by atoms with Crippen LogP contribution in [0.5, 0.6) is 0 Å². The Kier molecular flexibility index (Phi) is 16.2. The van der Waals surface area contributed by atoms with Crippen LogP contribution in [-0.2, 0) is 14.3 Å². The summed E-state index contributed by atoms with van der Waals surface area (Å²) in [4.78, 5) is 22.6. The molecule has 0 fully saturated rings. The molecule has 4 nitrogen and oxygen atoms in total. The van der Waals surface area contributed by atoms with Gasteiger partial charge < -0.3 is 14.8 Å². The van der Waals surface area contributed by atoms with Gasteiger partial charge in [0, 0.05) is 19.4 Å². The van der Waals surface area contributed by atoms with E-state index in [0.717, 1.165) is 0 Å². The Hall–Kier alpha value is 0.905. The number of ether oxygens (including phenoxy) is 1. The van der Waals surface area contributed by atoms with Gasteiger partial charge in [0.25, 0.3) is 0 Å². The van der Waals surface area contributed by atoms with Crippen LogP contribution in [0.1, 0.15) is 47.0 Å². The Morgan fingerprint density at radius 3 is 2.26 bits per heavy atom. The van der Waals surface area contributed by atoms with Gasteiger partial charge in [-0.1, -0.05) is 33.6 Å². The minimum absolute atomic E-state index is 0. The number of amides is 1. The van der Waals surface area contributed by atoms with E-state index in [-0.39, 0.29) is 76.5 Å². The SMILES string of the molecule is CC(C)C[N-]C(=O)COCCCC(=O)CC(C)C.[Rb+]. The van der Waals surface area contributed by atoms with E-state index in [1.54, 1.807) is 0 Å². The minimum atomic E-state index is -0.211. The molecule has 106 valence electrons. The number of Topliss-reactive ketones (excluding diaryl/α,β-unsaturated/α-hetero) is 1. The zero-order valence-electron chi connectivity index (χ0n) is 13.1. The number of nitrogens with zero attached hydrogens (tertiary/aromatic N) is 1. The van der Waals surface area contributed by atoms with Crippen LogP contribution in [0.3, 0.4) is 0 Å². The van der Waals surface area contributed by atoms with Crippen molar-refractivity contribution in [1.82, 2.24) is 0 Å². The van der Waals surface area contributed by atoms with Crippen molar-refractivity contribution in [3.63, 3.8) is 0 Å². The fourth-order valence-electron chi connectivity index (χ4n) is 1.42. The van der Waals surface area contributed by atoms with Crippen LogP contribution in [0.15, 0.2) is 0 Å². The number of hydrogen-bond acceptors (Lipinski definition) is 3. The van der Waals surface area contributed by atoms with E-state index in [1.807, 2.05) is 27.7 Å². The van der Waals surface area contributed by atoms with Crippen molar-refractivity contribution in [3.8, 4) is 0 Å². The average Bonchev–Trinajstić information content (AvgIpc) is 2.24. The third-order valence-electron chi connectivity index (χ3n) is 2.24. The molecule has 0 rings (SSSR count). The topological polar surface area (TPSA) is 57.5 Å². The van der Waals surface area contributed by atoms with Gasteiger partial charge in [0.2, 0.25) is 0 Å². The summed E-state index contributed by atoms with van der Waals surface area (Å²) in [6.07, 6.45) is 1.85. The first kappa shape index (κ1) is 22.2. The zero-order chi connectivity index (χ0) is 14.0. The standard InChI is InChI=1S/C14H27NO3.Rb/c1-11(2)8-13(16)6-5-7-18-10-14(17)15-9-12(3)4;/h11-12H,5-10H2,1-4H3,(H,15,17);/q;+1/p-1. The maximum atomic E-state index is 11.4. The molecule has 0 aliphatic heterocycles. The monoisotopic (exact) mass is 341 g/mol. The quantitative estimate of drug-likeness (QED) is 0.524. The zero-order valence-corrected chi connectivity index (χ0v) is 18.0. The molecule has 0 aliphatic rings. The number of carbonyl (C=O) groups is 2. The maximum absolute atomic E-state index is 11.4. The molecule has 1 amide bonds. The Labute approximate surface area is 166 Å². The molecular weight excluding hydrogens is 316 g/mol. The van der Waals surface area contributed by atoms with E-state index in [1.165, 1.54) is 0 Å². The normalized spacial score (nSPS) is 10.4. The summed E-state index contributed by atoms with van der Waals surface area (Å²) in [6, 6.07) is 0. The fourth-order valence-corrected chi connectivity index (χ4v) is 1.42. The molecular formula is C14H26NO3Rb. The van der Waals surface area contributed by atoms with Crippen molar-refractivity contribution in [2.24, 2.45) is 11.8 Å². The second kappa shape index (κ2) is 13.9. The van der Waals surface area contributed by atoms with Gasteiger partial charge in [-0.3, -0.25) is 4.79 Å². The molecule has 0 spiro atoms. The van der Waals surface area contributed by atoms with Gasteiger partial charge in [0.1, 0.15) is 5.78 Å². The Morgan fingerprint density at radius 2 is 1.74 bits per heavy atom. The first-order chi connectivity index (χ1) is 8.41. The number of hydrogen-bond donors (Lipinski definition) is 0. The van der Waals surface area contributed by atoms with Crippen molar-refractivity contribution in [3.05, 3.63) is 5.32 Å². The second-order valence-corrected chi connectivity index (χ2v) is 5.42. The smallest absolute Gasteiger partial charge is 0.651 e. The summed E-state index contributed by atoms with van der Waals surface area (Å²) in [7, 11) is 0. The summed E-state index contributed by atoms with van der Waals surface area (Å²) in [5.74, 6) is 0.860. The Balaban J connectivity index is 0. The summed E-state index contributed by atoms with van der Waals surface area (Å²) in [6.45, 7) is 9.12. The first-order valence-electron chi connectivity index (χ1n) is 6.71. The van der Waals surface area contributed by atoms with Crippen LogP contribution in [0.2, 0.25) is 0 Å². The maximum Gasteiger partial charge on any atom is 1.00 e. The molecule has 0 bridgehead atoms. The van der Waals surface area contributed by atoms with Crippen LogP contribution in [0, 0.1) is 11.8 Å². The van der Waals surface area contributed by atoms with Gasteiger partial charge in [-0.25, -0.2) is 0 Å². The van der Waals surface area contributed by atoms with Gasteiger partial charge >= 0.3 is 58.2 Å². The molecule has 0 saturated carbocycles. The van der Waals surface area contributed by atoms with Crippen molar-refractivity contribution in [2.45, 2.75) is 47.0 Å². The molecule has 0 aromatic rings. The average molecular weight is 342 g/mol. The van der Waals surface area contributed by atoms with Gasteiger partial charge in [0.15, 0.2) is 0 Å². The second-order valence-electron chi connectivity index (χ2n) is 5.42. The van der Waals surface area contributed by atoms with Gasteiger partial charge in [-0.2, -0.15) is 0 Å². The fraction of sp³-hybridized carbons (Fsp3) is 0.857. The van der Waals surface area contributed by atoms with Crippen molar-refractivity contribution in [1.29, 1.82) is 0 Å². The molecule has 0 saturated heterocycles. The van der Waals surface area contributed by atoms with Crippen LogP contribution in [-0.4, -0.2) is 31.4 Å². The molecule has 0 aromatic heterocycles. The van der Waals surface area contributed by atoms with Crippen molar-refractivity contribution >= 4 is 11.7 Å². The Morgan fingerprint density at radius 1 is 1.11 bits per heavy atom. The van der Waals surface area contributed by atoms with E-state index in [9.17, 15) is 9.59 Å². The van der Waals surface area contributed by atoms with Crippen LogP contribution in [0.4, 0.5) is 0 Å². The van der Waals surface area contributed by atoms with Gasteiger partial charge in [-0.15, -0.1) is 6.54 Å². The molecule has 0 aromatic carbocycles.